The summed E-state index contributed by atoms with van der Waals surface area (Å²) in [4.78, 5) is 13.8. The molecule has 1 atom stereocenters. The Kier molecular flexibility index (Phi) is 4.87. The van der Waals surface area contributed by atoms with Crippen LogP contribution in [0, 0.1) is 5.92 Å². The van der Waals surface area contributed by atoms with E-state index in [4.69, 9.17) is 4.98 Å². The number of fused-ring (bicyclic) bond motifs is 2. The summed E-state index contributed by atoms with van der Waals surface area (Å²) < 4.78 is 26.1. The van der Waals surface area contributed by atoms with Crippen LogP contribution in [0.5, 0.6) is 0 Å². The van der Waals surface area contributed by atoms with Crippen molar-refractivity contribution in [2.45, 2.75) is 32.4 Å². The molecule has 1 saturated heterocycles. The van der Waals surface area contributed by atoms with Gasteiger partial charge in [0.05, 0.1) is 11.2 Å². The van der Waals surface area contributed by atoms with E-state index >= 15 is 0 Å². The molecule has 1 aromatic carbocycles. The van der Waals surface area contributed by atoms with Gasteiger partial charge >= 0.3 is 0 Å². The fourth-order valence-electron chi connectivity index (χ4n) is 4.51. The van der Waals surface area contributed by atoms with Crippen molar-refractivity contribution >= 4 is 16.6 Å². The number of para-hydroxylation sites is 1. The van der Waals surface area contributed by atoms with Crippen molar-refractivity contribution < 1.29 is 8.78 Å². The number of pyridine rings is 2. The van der Waals surface area contributed by atoms with Crippen LogP contribution in [-0.2, 0) is 19.5 Å². The quantitative estimate of drug-likeness (QED) is 0.647. The Morgan fingerprint density at radius 1 is 1.07 bits per heavy atom. The maximum absolute atomic E-state index is 13.1. The molecule has 150 valence electrons. The zero-order valence-electron chi connectivity index (χ0n) is 16.3. The van der Waals surface area contributed by atoms with Crippen molar-refractivity contribution in [3.8, 4) is 0 Å². The van der Waals surface area contributed by atoms with Crippen LogP contribution >= 0.6 is 0 Å². The van der Waals surface area contributed by atoms with Crippen LogP contribution in [-0.4, -0.2) is 40.9 Å². The van der Waals surface area contributed by atoms with Gasteiger partial charge in [-0.3, -0.25) is 14.9 Å². The van der Waals surface area contributed by atoms with Crippen molar-refractivity contribution in [3.05, 3.63) is 65.6 Å². The van der Waals surface area contributed by atoms with Gasteiger partial charge in [-0.25, -0.2) is 8.78 Å². The van der Waals surface area contributed by atoms with Gasteiger partial charge in [-0.05, 0) is 24.6 Å². The molecule has 2 aliphatic rings. The van der Waals surface area contributed by atoms with E-state index in [1.54, 1.807) is 0 Å². The predicted molar refractivity (Wildman–Crippen MR) is 110 cm³/mol. The largest absolute Gasteiger partial charge is 0.371 e. The number of benzene rings is 1. The number of hydrogen-bond acceptors (Lipinski definition) is 4. The summed E-state index contributed by atoms with van der Waals surface area (Å²) in [5.74, 6) is -0.518. The van der Waals surface area contributed by atoms with Gasteiger partial charge in [0, 0.05) is 73.6 Å². The molecule has 0 N–H and O–H groups in total. The Balaban J connectivity index is 1.26. The SMILES string of the molecule is FC(F)C1CCN(c2ccnc3c2CN(CCc2ccc4ccccc4n2)C3)C1. The van der Waals surface area contributed by atoms with Gasteiger partial charge in [0.15, 0.2) is 0 Å². The minimum Gasteiger partial charge on any atom is -0.371 e. The fourth-order valence-corrected chi connectivity index (χ4v) is 4.51. The monoisotopic (exact) mass is 394 g/mol. The number of anilines is 1. The lowest BCUT2D eigenvalue weighted by Gasteiger charge is -2.22. The summed E-state index contributed by atoms with van der Waals surface area (Å²) in [5.41, 5.74) is 5.49. The van der Waals surface area contributed by atoms with Crippen LogP contribution in [0.4, 0.5) is 14.5 Å². The van der Waals surface area contributed by atoms with Crippen molar-refractivity contribution in [2.24, 2.45) is 5.92 Å². The number of nitrogens with zero attached hydrogens (tertiary/aromatic N) is 4. The lowest BCUT2D eigenvalue weighted by Crippen LogP contribution is -2.24. The second kappa shape index (κ2) is 7.67. The summed E-state index contributed by atoms with van der Waals surface area (Å²) in [7, 11) is 0. The molecular weight excluding hydrogens is 370 g/mol. The summed E-state index contributed by atoms with van der Waals surface area (Å²) in [5, 5.41) is 1.16. The third kappa shape index (κ3) is 3.69. The van der Waals surface area contributed by atoms with Crippen LogP contribution in [0.3, 0.4) is 0 Å². The Hall–Kier alpha value is -2.60. The molecule has 5 rings (SSSR count). The molecule has 1 unspecified atom stereocenters. The Morgan fingerprint density at radius 3 is 2.83 bits per heavy atom. The Bertz CT molecular complexity index is 1020. The Labute approximate surface area is 169 Å². The summed E-state index contributed by atoms with van der Waals surface area (Å²) in [6, 6.07) is 14.4. The lowest BCUT2D eigenvalue weighted by molar-refractivity contribution is 0.0880. The van der Waals surface area contributed by atoms with Gasteiger partial charge in [-0.15, -0.1) is 0 Å². The van der Waals surface area contributed by atoms with Crippen LogP contribution < -0.4 is 4.90 Å². The zero-order chi connectivity index (χ0) is 19.8. The zero-order valence-corrected chi connectivity index (χ0v) is 16.3. The van der Waals surface area contributed by atoms with E-state index in [1.807, 2.05) is 30.5 Å². The minimum absolute atomic E-state index is 0.440. The number of aromatic nitrogens is 2. The van der Waals surface area contributed by atoms with Crippen molar-refractivity contribution in [2.75, 3.05) is 24.5 Å². The average molecular weight is 394 g/mol. The topological polar surface area (TPSA) is 32.3 Å². The van der Waals surface area contributed by atoms with Gasteiger partial charge in [-0.2, -0.15) is 0 Å². The van der Waals surface area contributed by atoms with Crippen LogP contribution in [0.1, 0.15) is 23.4 Å². The molecular formula is C23H24F2N4. The van der Waals surface area contributed by atoms with Crippen LogP contribution in [0.25, 0.3) is 10.9 Å². The van der Waals surface area contributed by atoms with E-state index in [0.29, 0.717) is 19.5 Å². The molecule has 0 radical (unpaired) electrons. The van der Waals surface area contributed by atoms with Crippen molar-refractivity contribution in [3.63, 3.8) is 0 Å². The average Bonchev–Trinajstić information content (AvgIpc) is 3.39. The number of halogens is 2. The van der Waals surface area contributed by atoms with E-state index in [2.05, 4.69) is 33.0 Å². The van der Waals surface area contributed by atoms with Gasteiger partial charge in [0.1, 0.15) is 0 Å². The van der Waals surface area contributed by atoms with E-state index in [1.165, 1.54) is 5.56 Å². The Morgan fingerprint density at radius 2 is 1.97 bits per heavy atom. The first kappa shape index (κ1) is 18.4. The van der Waals surface area contributed by atoms with E-state index in [0.717, 1.165) is 54.0 Å². The molecule has 4 heterocycles. The summed E-state index contributed by atoms with van der Waals surface area (Å²) in [6.45, 7) is 3.67. The number of hydrogen-bond donors (Lipinski definition) is 0. The maximum atomic E-state index is 13.1. The lowest BCUT2D eigenvalue weighted by atomic mass is 10.1. The maximum Gasteiger partial charge on any atom is 0.243 e. The third-order valence-electron chi connectivity index (χ3n) is 6.14. The molecule has 0 saturated carbocycles. The smallest absolute Gasteiger partial charge is 0.243 e. The number of alkyl halides is 2. The molecule has 1 fully saturated rings. The molecule has 0 spiro atoms. The van der Waals surface area contributed by atoms with Gasteiger partial charge in [-0.1, -0.05) is 24.3 Å². The van der Waals surface area contributed by atoms with Gasteiger partial charge < -0.3 is 4.90 Å². The highest BCUT2D eigenvalue weighted by Crippen LogP contribution is 2.34. The second-order valence-electron chi connectivity index (χ2n) is 8.04. The highest BCUT2D eigenvalue weighted by atomic mass is 19.3. The fraction of sp³-hybridized carbons (Fsp3) is 0.391. The summed E-state index contributed by atoms with van der Waals surface area (Å²) in [6.07, 6.45) is 1.02. The molecule has 6 heteroatoms. The first-order chi connectivity index (χ1) is 14.2. The molecule has 2 aromatic heterocycles. The first-order valence-electron chi connectivity index (χ1n) is 10.2. The van der Waals surface area contributed by atoms with Crippen molar-refractivity contribution in [1.82, 2.24) is 14.9 Å². The molecule has 4 nitrogen and oxygen atoms in total. The van der Waals surface area contributed by atoms with Crippen LogP contribution in [0.15, 0.2) is 48.7 Å². The highest BCUT2D eigenvalue weighted by Gasteiger charge is 2.32. The predicted octanol–water partition coefficient (Wildman–Crippen LogP) is 4.28. The molecule has 0 amide bonds. The van der Waals surface area contributed by atoms with E-state index < -0.39 is 12.3 Å². The van der Waals surface area contributed by atoms with Crippen molar-refractivity contribution in [1.29, 1.82) is 0 Å². The number of rotatable bonds is 5. The standard InChI is InChI=1S/C23H24F2N4/c24-23(25)17-8-12-29(13-17)22-7-10-26-21-15-28(14-19(21)22)11-9-18-6-5-16-3-1-2-4-20(16)27-18/h1-7,10,17,23H,8-9,11-15H2. The second-order valence-corrected chi connectivity index (χ2v) is 8.04. The molecule has 0 aliphatic carbocycles. The third-order valence-corrected chi connectivity index (χ3v) is 6.14. The van der Waals surface area contributed by atoms with E-state index in [-0.39, 0.29) is 0 Å². The normalized spacial score (nSPS) is 19.4. The molecule has 3 aromatic rings. The molecule has 29 heavy (non-hydrogen) atoms. The first-order valence-corrected chi connectivity index (χ1v) is 10.2. The van der Waals surface area contributed by atoms with Gasteiger partial charge in [0.2, 0.25) is 6.43 Å². The summed E-state index contributed by atoms with van der Waals surface area (Å²) >= 11 is 0. The minimum atomic E-state index is -2.24. The molecule has 0 bridgehead atoms. The molecule has 2 aliphatic heterocycles. The van der Waals surface area contributed by atoms with Gasteiger partial charge in [0.25, 0.3) is 0 Å². The highest BCUT2D eigenvalue weighted by molar-refractivity contribution is 5.78. The van der Waals surface area contributed by atoms with E-state index in [9.17, 15) is 8.78 Å². The van der Waals surface area contributed by atoms with Crippen LogP contribution in [0.2, 0.25) is 0 Å².